The third-order valence-corrected chi connectivity index (χ3v) is 4.54. The van der Waals surface area contributed by atoms with Crippen molar-refractivity contribution in [2.45, 2.75) is 56.8 Å². The molecule has 0 aromatic carbocycles. The molecule has 0 bridgehead atoms. The molecule has 3 nitrogen and oxygen atoms in total. The minimum absolute atomic E-state index is 0.114. The van der Waals surface area contributed by atoms with Gasteiger partial charge in [-0.15, -0.1) is 0 Å². The molecule has 86 valence electrons. The van der Waals surface area contributed by atoms with E-state index in [1.807, 2.05) is 0 Å². The molecule has 1 heterocycles. The molecule has 3 heteroatoms. The Labute approximate surface area is 90.8 Å². The zero-order valence-corrected chi connectivity index (χ0v) is 9.21. The first kappa shape index (κ1) is 10.1. The van der Waals surface area contributed by atoms with Gasteiger partial charge in [-0.1, -0.05) is 12.8 Å². The van der Waals surface area contributed by atoms with Gasteiger partial charge < -0.3 is 14.6 Å². The van der Waals surface area contributed by atoms with Crippen molar-refractivity contribution in [2.75, 3.05) is 13.2 Å². The standard InChI is InChI=1S/C12H20O3/c13-10-3-6-12(14-7-8-15-12)9-11(10)4-1-2-5-11/h10,13H,1-9H2. The molecule has 3 rings (SSSR count). The molecule has 1 saturated heterocycles. The normalized spacial score (nSPS) is 37.8. The van der Waals surface area contributed by atoms with E-state index in [1.54, 1.807) is 0 Å². The zero-order chi connectivity index (χ0) is 10.4. The SMILES string of the molecule is OC1CCC2(CC13CCCC3)OCCO2. The third kappa shape index (κ3) is 1.52. The minimum Gasteiger partial charge on any atom is -0.393 e. The molecule has 1 unspecified atom stereocenters. The minimum atomic E-state index is -0.330. The first-order valence-electron chi connectivity index (χ1n) is 6.21. The van der Waals surface area contributed by atoms with Gasteiger partial charge in [-0.25, -0.2) is 0 Å². The lowest BCUT2D eigenvalue weighted by molar-refractivity contribution is -0.222. The van der Waals surface area contributed by atoms with Crippen LogP contribution in [-0.2, 0) is 9.47 Å². The van der Waals surface area contributed by atoms with Crippen molar-refractivity contribution in [3.05, 3.63) is 0 Å². The first-order valence-corrected chi connectivity index (χ1v) is 6.21. The molecule has 3 fully saturated rings. The summed E-state index contributed by atoms with van der Waals surface area (Å²) in [7, 11) is 0. The number of aliphatic hydroxyl groups excluding tert-OH is 1. The largest absolute Gasteiger partial charge is 0.393 e. The molecule has 0 radical (unpaired) electrons. The number of aliphatic hydroxyl groups is 1. The fourth-order valence-electron chi connectivity index (χ4n) is 3.74. The van der Waals surface area contributed by atoms with Gasteiger partial charge in [-0.2, -0.15) is 0 Å². The predicted octanol–water partition coefficient (Wildman–Crippen LogP) is 1.83. The van der Waals surface area contributed by atoms with Crippen LogP contribution >= 0.6 is 0 Å². The molecule has 0 aromatic rings. The van der Waals surface area contributed by atoms with Crippen LogP contribution in [0.15, 0.2) is 0 Å². The Kier molecular flexibility index (Phi) is 2.31. The van der Waals surface area contributed by atoms with E-state index < -0.39 is 0 Å². The summed E-state index contributed by atoms with van der Waals surface area (Å²) in [6.45, 7) is 1.46. The molecule has 0 amide bonds. The second kappa shape index (κ2) is 3.44. The van der Waals surface area contributed by atoms with Crippen LogP contribution in [0.25, 0.3) is 0 Å². The monoisotopic (exact) mass is 212 g/mol. The van der Waals surface area contributed by atoms with Crippen molar-refractivity contribution in [1.29, 1.82) is 0 Å². The van der Waals surface area contributed by atoms with E-state index in [-0.39, 0.29) is 17.3 Å². The van der Waals surface area contributed by atoms with Gasteiger partial charge in [0.2, 0.25) is 0 Å². The Balaban J connectivity index is 1.81. The van der Waals surface area contributed by atoms with E-state index in [0.29, 0.717) is 0 Å². The van der Waals surface area contributed by atoms with Crippen molar-refractivity contribution in [2.24, 2.45) is 5.41 Å². The van der Waals surface area contributed by atoms with Crippen LogP contribution in [0.4, 0.5) is 0 Å². The summed E-state index contributed by atoms with van der Waals surface area (Å²) >= 11 is 0. The second-order valence-electron chi connectivity index (χ2n) is 5.41. The van der Waals surface area contributed by atoms with Crippen molar-refractivity contribution in [1.82, 2.24) is 0 Å². The highest BCUT2D eigenvalue weighted by Gasteiger charge is 2.53. The summed E-state index contributed by atoms with van der Waals surface area (Å²) in [6.07, 6.45) is 7.33. The van der Waals surface area contributed by atoms with E-state index in [1.165, 1.54) is 12.8 Å². The van der Waals surface area contributed by atoms with Crippen LogP contribution in [0.2, 0.25) is 0 Å². The smallest absolute Gasteiger partial charge is 0.169 e. The Hall–Kier alpha value is -0.120. The molecule has 15 heavy (non-hydrogen) atoms. The lowest BCUT2D eigenvalue weighted by atomic mass is 9.68. The Morgan fingerprint density at radius 2 is 1.67 bits per heavy atom. The third-order valence-electron chi connectivity index (χ3n) is 4.54. The van der Waals surface area contributed by atoms with Gasteiger partial charge in [0.1, 0.15) is 0 Å². The summed E-state index contributed by atoms with van der Waals surface area (Å²) < 4.78 is 11.6. The second-order valence-corrected chi connectivity index (χ2v) is 5.41. The maximum Gasteiger partial charge on any atom is 0.169 e. The van der Waals surface area contributed by atoms with E-state index >= 15 is 0 Å². The van der Waals surface area contributed by atoms with Crippen molar-refractivity contribution < 1.29 is 14.6 Å². The van der Waals surface area contributed by atoms with E-state index in [9.17, 15) is 5.11 Å². The van der Waals surface area contributed by atoms with Gasteiger partial charge in [-0.3, -0.25) is 0 Å². The molecule has 3 aliphatic rings. The van der Waals surface area contributed by atoms with Gasteiger partial charge in [0, 0.05) is 18.3 Å². The number of hydrogen-bond donors (Lipinski definition) is 1. The van der Waals surface area contributed by atoms with Crippen LogP contribution in [-0.4, -0.2) is 30.2 Å². The Bertz CT molecular complexity index is 239. The fraction of sp³-hybridized carbons (Fsp3) is 1.00. The molecule has 0 aromatic heterocycles. The molecule has 1 aliphatic heterocycles. The number of ether oxygens (including phenoxy) is 2. The number of rotatable bonds is 0. The lowest BCUT2D eigenvalue weighted by Gasteiger charge is -2.46. The zero-order valence-electron chi connectivity index (χ0n) is 9.21. The van der Waals surface area contributed by atoms with Crippen molar-refractivity contribution in [3.63, 3.8) is 0 Å². The maximum absolute atomic E-state index is 10.2. The molecular formula is C12H20O3. The van der Waals surface area contributed by atoms with E-state index in [0.717, 1.165) is 45.3 Å². The summed E-state index contributed by atoms with van der Waals surface area (Å²) in [4.78, 5) is 0. The molecule has 2 spiro atoms. The van der Waals surface area contributed by atoms with Crippen molar-refractivity contribution >= 4 is 0 Å². The average molecular weight is 212 g/mol. The molecular weight excluding hydrogens is 192 g/mol. The molecule has 1 atom stereocenters. The summed E-state index contributed by atoms with van der Waals surface area (Å²) in [5.74, 6) is -0.330. The van der Waals surface area contributed by atoms with Crippen molar-refractivity contribution in [3.8, 4) is 0 Å². The van der Waals surface area contributed by atoms with Crippen LogP contribution in [0, 0.1) is 5.41 Å². The predicted molar refractivity (Wildman–Crippen MR) is 55.4 cm³/mol. The van der Waals surface area contributed by atoms with Gasteiger partial charge in [0.25, 0.3) is 0 Å². The maximum atomic E-state index is 10.2. The summed E-state index contributed by atoms with van der Waals surface area (Å²) in [5.41, 5.74) is 0.114. The lowest BCUT2D eigenvalue weighted by Crippen LogP contribution is -2.48. The van der Waals surface area contributed by atoms with Gasteiger partial charge >= 0.3 is 0 Å². The van der Waals surface area contributed by atoms with Crippen LogP contribution in [0.5, 0.6) is 0 Å². The average Bonchev–Trinajstić information content (AvgIpc) is 2.85. The quantitative estimate of drug-likeness (QED) is 0.666. The highest BCUT2D eigenvalue weighted by atomic mass is 16.7. The first-order chi connectivity index (χ1) is 7.25. The van der Waals surface area contributed by atoms with Crippen LogP contribution < -0.4 is 0 Å². The van der Waals surface area contributed by atoms with Crippen LogP contribution in [0.1, 0.15) is 44.9 Å². The van der Waals surface area contributed by atoms with Gasteiger partial charge in [-0.05, 0) is 19.3 Å². The molecule has 1 N–H and O–H groups in total. The summed E-state index contributed by atoms with van der Waals surface area (Å²) in [5, 5.41) is 10.2. The number of hydrogen-bond acceptors (Lipinski definition) is 3. The Morgan fingerprint density at radius 1 is 1.00 bits per heavy atom. The highest BCUT2D eigenvalue weighted by Crippen LogP contribution is 2.54. The van der Waals surface area contributed by atoms with Gasteiger partial charge in [0.05, 0.1) is 19.3 Å². The Morgan fingerprint density at radius 3 is 2.33 bits per heavy atom. The topological polar surface area (TPSA) is 38.7 Å². The van der Waals surface area contributed by atoms with Gasteiger partial charge in [0.15, 0.2) is 5.79 Å². The van der Waals surface area contributed by atoms with Crippen LogP contribution in [0.3, 0.4) is 0 Å². The highest BCUT2D eigenvalue weighted by molar-refractivity contribution is 5.00. The molecule has 2 saturated carbocycles. The van der Waals surface area contributed by atoms with E-state index in [2.05, 4.69) is 0 Å². The molecule has 2 aliphatic carbocycles. The van der Waals surface area contributed by atoms with E-state index in [4.69, 9.17) is 9.47 Å². The summed E-state index contributed by atoms with van der Waals surface area (Å²) in [6, 6.07) is 0. The fourth-order valence-corrected chi connectivity index (χ4v) is 3.74.